The van der Waals surface area contributed by atoms with Crippen LogP contribution in [0.4, 0.5) is 0 Å². The second-order valence-electron chi connectivity index (χ2n) is 8.14. The number of ketones is 1. The van der Waals surface area contributed by atoms with Gasteiger partial charge in [-0.3, -0.25) is 9.59 Å². The van der Waals surface area contributed by atoms with E-state index in [0.29, 0.717) is 41.4 Å². The van der Waals surface area contributed by atoms with Crippen molar-refractivity contribution in [3.63, 3.8) is 0 Å². The predicted octanol–water partition coefficient (Wildman–Crippen LogP) is 3.95. The van der Waals surface area contributed by atoms with E-state index in [1.165, 1.54) is 12.0 Å². The van der Waals surface area contributed by atoms with Crippen LogP contribution in [0.25, 0.3) is 5.76 Å². The molecule has 1 atom stereocenters. The number of nitrogens with zero attached hydrogens (tertiary/aromatic N) is 1. The van der Waals surface area contributed by atoms with Crippen LogP contribution in [0.2, 0.25) is 0 Å². The summed E-state index contributed by atoms with van der Waals surface area (Å²) < 4.78 is 21.6. The van der Waals surface area contributed by atoms with Gasteiger partial charge in [0.15, 0.2) is 11.5 Å². The second-order valence-corrected chi connectivity index (χ2v) is 8.14. The lowest BCUT2D eigenvalue weighted by Gasteiger charge is -2.26. The van der Waals surface area contributed by atoms with Gasteiger partial charge in [0.05, 0.1) is 31.9 Å². The monoisotopic (exact) mass is 469 g/mol. The molecule has 1 heterocycles. The minimum atomic E-state index is -0.791. The van der Waals surface area contributed by atoms with Crippen LogP contribution in [0, 0.1) is 0 Å². The number of hydrogen-bond acceptors (Lipinski definition) is 7. The van der Waals surface area contributed by atoms with E-state index in [9.17, 15) is 14.7 Å². The van der Waals surface area contributed by atoms with Gasteiger partial charge in [0.2, 0.25) is 0 Å². The molecule has 1 fully saturated rings. The Morgan fingerprint density at radius 2 is 1.71 bits per heavy atom. The van der Waals surface area contributed by atoms with Gasteiger partial charge in [-0.25, -0.2) is 0 Å². The van der Waals surface area contributed by atoms with Gasteiger partial charge < -0.3 is 29.0 Å². The highest BCUT2D eigenvalue weighted by atomic mass is 16.5. The zero-order chi connectivity index (χ0) is 24.8. The van der Waals surface area contributed by atoms with Crippen molar-refractivity contribution >= 4 is 17.4 Å². The number of carbonyl (C=O) groups excluding carboxylic acids is 2. The zero-order valence-electron chi connectivity index (χ0n) is 20.2. The van der Waals surface area contributed by atoms with Crippen LogP contribution in [0.1, 0.15) is 37.4 Å². The van der Waals surface area contributed by atoms with Gasteiger partial charge in [0.1, 0.15) is 11.5 Å². The topological polar surface area (TPSA) is 94.5 Å². The standard InChI is InChI=1S/C26H31NO7/c1-16(2)34-20-12-9-18(15-21(20)33-5)23-22(24(28)17-7-10-19(32-4)11-8-17)25(29)26(30)27(23)13-6-14-31-3/h7-12,15-16,23,28H,6,13-14H2,1-5H3/b24-22-. The van der Waals surface area contributed by atoms with E-state index in [2.05, 4.69) is 0 Å². The molecule has 0 bridgehead atoms. The molecule has 2 aromatic carbocycles. The number of benzene rings is 2. The first-order chi connectivity index (χ1) is 16.3. The van der Waals surface area contributed by atoms with Crippen molar-refractivity contribution in [2.75, 3.05) is 34.5 Å². The van der Waals surface area contributed by atoms with Crippen molar-refractivity contribution in [1.29, 1.82) is 0 Å². The smallest absolute Gasteiger partial charge is 0.295 e. The zero-order valence-corrected chi connectivity index (χ0v) is 20.2. The molecule has 1 saturated heterocycles. The van der Waals surface area contributed by atoms with Crippen LogP contribution in [-0.4, -0.2) is 62.3 Å². The average Bonchev–Trinajstić information content (AvgIpc) is 3.08. The van der Waals surface area contributed by atoms with Crippen LogP contribution >= 0.6 is 0 Å². The van der Waals surface area contributed by atoms with Crippen LogP contribution in [0.15, 0.2) is 48.0 Å². The van der Waals surface area contributed by atoms with Gasteiger partial charge in [-0.05, 0) is 62.2 Å². The summed E-state index contributed by atoms with van der Waals surface area (Å²) in [6.45, 7) is 4.54. The van der Waals surface area contributed by atoms with Crippen molar-refractivity contribution in [1.82, 2.24) is 4.90 Å². The second kappa shape index (κ2) is 11.1. The summed E-state index contributed by atoms with van der Waals surface area (Å²) in [7, 11) is 4.65. The molecule has 3 rings (SSSR count). The fraction of sp³-hybridized carbons (Fsp3) is 0.385. The number of hydrogen-bond donors (Lipinski definition) is 1. The lowest BCUT2D eigenvalue weighted by atomic mass is 9.95. The van der Waals surface area contributed by atoms with E-state index in [1.807, 2.05) is 13.8 Å². The number of ether oxygens (including phenoxy) is 4. The van der Waals surface area contributed by atoms with E-state index >= 15 is 0 Å². The van der Waals surface area contributed by atoms with Gasteiger partial charge in [-0.15, -0.1) is 0 Å². The van der Waals surface area contributed by atoms with Gasteiger partial charge in [0.25, 0.3) is 11.7 Å². The summed E-state index contributed by atoms with van der Waals surface area (Å²) in [4.78, 5) is 27.6. The minimum Gasteiger partial charge on any atom is -0.507 e. The first-order valence-corrected chi connectivity index (χ1v) is 11.1. The number of rotatable bonds is 10. The molecule has 2 aromatic rings. The van der Waals surface area contributed by atoms with Crippen LogP contribution in [0.5, 0.6) is 17.2 Å². The largest absolute Gasteiger partial charge is 0.507 e. The van der Waals surface area contributed by atoms with Gasteiger partial charge >= 0.3 is 0 Å². The number of Topliss-reactive ketones (excluding diaryl/α,β-unsaturated/α-hetero) is 1. The van der Waals surface area contributed by atoms with Crippen LogP contribution in [-0.2, 0) is 14.3 Å². The number of aliphatic hydroxyl groups is 1. The molecule has 1 unspecified atom stereocenters. The lowest BCUT2D eigenvalue weighted by Crippen LogP contribution is -2.31. The summed E-state index contributed by atoms with van der Waals surface area (Å²) in [6.07, 6.45) is 0.475. The quantitative estimate of drug-likeness (QED) is 0.244. The van der Waals surface area contributed by atoms with E-state index in [4.69, 9.17) is 18.9 Å². The number of amides is 1. The maximum Gasteiger partial charge on any atom is 0.295 e. The molecule has 1 N–H and O–H groups in total. The van der Waals surface area contributed by atoms with Crippen LogP contribution in [0.3, 0.4) is 0 Å². The first-order valence-electron chi connectivity index (χ1n) is 11.1. The fourth-order valence-electron chi connectivity index (χ4n) is 3.95. The Morgan fingerprint density at radius 3 is 2.29 bits per heavy atom. The Hall–Kier alpha value is -3.52. The van der Waals surface area contributed by atoms with E-state index in [1.54, 1.807) is 56.7 Å². The van der Waals surface area contributed by atoms with Crippen molar-refractivity contribution in [3.05, 3.63) is 59.2 Å². The molecule has 0 aromatic heterocycles. The van der Waals surface area contributed by atoms with Gasteiger partial charge in [0, 0.05) is 25.8 Å². The molecular weight excluding hydrogens is 438 g/mol. The van der Waals surface area contributed by atoms with Gasteiger partial charge in [-0.1, -0.05) is 6.07 Å². The molecule has 8 nitrogen and oxygen atoms in total. The molecule has 1 amide bonds. The predicted molar refractivity (Wildman–Crippen MR) is 127 cm³/mol. The number of carbonyl (C=O) groups is 2. The van der Waals surface area contributed by atoms with E-state index < -0.39 is 17.7 Å². The molecule has 8 heteroatoms. The lowest BCUT2D eigenvalue weighted by molar-refractivity contribution is -0.140. The molecule has 34 heavy (non-hydrogen) atoms. The highest BCUT2D eigenvalue weighted by Crippen LogP contribution is 2.42. The number of methoxy groups -OCH3 is 3. The third-order valence-corrected chi connectivity index (χ3v) is 5.52. The molecule has 0 radical (unpaired) electrons. The third kappa shape index (κ3) is 5.17. The highest BCUT2D eigenvalue weighted by molar-refractivity contribution is 6.46. The minimum absolute atomic E-state index is 0.0205. The van der Waals surface area contributed by atoms with E-state index in [0.717, 1.165) is 0 Å². The number of likely N-dealkylation sites (tertiary alicyclic amines) is 1. The van der Waals surface area contributed by atoms with Crippen molar-refractivity contribution in [3.8, 4) is 17.2 Å². The highest BCUT2D eigenvalue weighted by Gasteiger charge is 2.46. The number of aliphatic hydroxyl groups excluding tert-OH is 1. The molecule has 182 valence electrons. The summed E-state index contributed by atoms with van der Waals surface area (Å²) in [6, 6.07) is 11.1. The average molecular weight is 470 g/mol. The molecule has 1 aliphatic heterocycles. The Morgan fingerprint density at radius 1 is 1.00 bits per heavy atom. The summed E-state index contributed by atoms with van der Waals surface area (Å²) in [5.41, 5.74) is 1.05. The molecule has 1 aliphatic rings. The first kappa shape index (κ1) is 25.1. The molecular formula is C26H31NO7. The Kier molecular flexibility index (Phi) is 8.17. The van der Waals surface area contributed by atoms with Crippen molar-refractivity contribution in [2.45, 2.75) is 32.4 Å². The SMILES string of the molecule is COCCCN1C(=O)C(=O)/C(=C(\O)c2ccc(OC)cc2)C1c1ccc(OC(C)C)c(OC)c1. The van der Waals surface area contributed by atoms with Crippen molar-refractivity contribution in [2.24, 2.45) is 0 Å². The maximum atomic E-state index is 13.1. The van der Waals surface area contributed by atoms with Gasteiger partial charge in [-0.2, -0.15) is 0 Å². The Bertz CT molecular complexity index is 1060. The molecule has 0 aliphatic carbocycles. The summed E-state index contributed by atoms with van der Waals surface area (Å²) in [5.74, 6) is -0.0268. The van der Waals surface area contributed by atoms with E-state index in [-0.39, 0.29) is 24.0 Å². The molecule has 0 spiro atoms. The Balaban J connectivity index is 2.13. The van der Waals surface area contributed by atoms with Crippen LogP contribution < -0.4 is 14.2 Å². The fourth-order valence-corrected chi connectivity index (χ4v) is 3.95. The van der Waals surface area contributed by atoms with Crippen molar-refractivity contribution < 1.29 is 33.6 Å². The molecule has 0 saturated carbocycles. The normalized spacial score (nSPS) is 17.4. The summed E-state index contributed by atoms with van der Waals surface area (Å²) >= 11 is 0. The Labute approximate surface area is 199 Å². The maximum absolute atomic E-state index is 13.1. The third-order valence-electron chi connectivity index (χ3n) is 5.52. The summed E-state index contributed by atoms with van der Waals surface area (Å²) in [5, 5.41) is 11.2.